The molecule has 0 aromatic heterocycles. The number of benzene rings is 2. The summed E-state index contributed by atoms with van der Waals surface area (Å²) in [7, 11) is -1.58. The predicted octanol–water partition coefficient (Wildman–Crippen LogP) is 2.80. The summed E-state index contributed by atoms with van der Waals surface area (Å²) in [6, 6.07) is 6.45. The van der Waals surface area contributed by atoms with Gasteiger partial charge in [-0.25, -0.2) is 17.5 Å². The van der Waals surface area contributed by atoms with E-state index in [2.05, 4.69) is 10.0 Å². The van der Waals surface area contributed by atoms with E-state index in [4.69, 9.17) is 14.2 Å². The Balaban J connectivity index is 1.86. The lowest BCUT2D eigenvalue weighted by Gasteiger charge is -2.27. The Kier molecular flexibility index (Phi) is 8.81. The molecule has 2 aromatic carbocycles. The molecular formula is C22H26FN3O7S2. The van der Waals surface area contributed by atoms with Crippen molar-refractivity contribution in [2.75, 3.05) is 33.9 Å². The zero-order valence-corrected chi connectivity index (χ0v) is 21.0. The van der Waals surface area contributed by atoms with Crippen LogP contribution >= 0.6 is 11.9 Å². The molecule has 0 saturated heterocycles. The Labute approximate surface area is 207 Å². The summed E-state index contributed by atoms with van der Waals surface area (Å²) in [5.41, 5.74) is 0.564. The van der Waals surface area contributed by atoms with E-state index in [-0.39, 0.29) is 34.4 Å². The van der Waals surface area contributed by atoms with Gasteiger partial charge in [-0.1, -0.05) is 6.92 Å². The standard InChI is InChI=1S/C22H26FN3O7S2/c1-4-25-34-22(28)26-35(29,30)20-10-15-13(7-8-33-18(15)11-19(20)32-3)12-24-21(27)16-9-14(23)5-6-17(16)31-2/h5-6,9-11,13,25H,4,7-8,12H2,1-3H3,(H,24,27)(H,26,28). The maximum atomic E-state index is 13.7. The topological polar surface area (TPSA) is 132 Å². The first-order chi connectivity index (χ1) is 16.7. The second-order valence-electron chi connectivity index (χ2n) is 7.42. The molecule has 2 amide bonds. The molecule has 3 rings (SSSR count). The summed E-state index contributed by atoms with van der Waals surface area (Å²) in [6.07, 6.45) is 0.488. The van der Waals surface area contributed by atoms with Crippen LogP contribution in [0.15, 0.2) is 35.2 Å². The Morgan fingerprint density at radius 2 is 1.91 bits per heavy atom. The van der Waals surface area contributed by atoms with Gasteiger partial charge in [-0.05, 0) is 30.7 Å². The van der Waals surface area contributed by atoms with Crippen molar-refractivity contribution in [1.82, 2.24) is 14.8 Å². The van der Waals surface area contributed by atoms with Crippen LogP contribution in [0.5, 0.6) is 17.2 Å². The molecule has 3 N–H and O–H groups in total. The third-order valence-electron chi connectivity index (χ3n) is 5.19. The van der Waals surface area contributed by atoms with Crippen LogP contribution in [-0.2, 0) is 10.0 Å². The van der Waals surface area contributed by atoms with Crippen LogP contribution < -0.4 is 29.0 Å². The van der Waals surface area contributed by atoms with Crippen LogP contribution in [0, 0.1) is 5.82 Å². The minimum Gasteiger partial charge on any atom is -0.496 e. The van der Waals surface area contributed by atoms with Crippen LogP contribution in [0.2, 0.25) is 0 Å². The van der Waals surface area contributed by atoms with E-state index in [1.54, 1.807) is 6.92 Å². The van der Waals surface area contributed by atoms with Crippen LogP contribution in [0.1, 0.15) is 35.2 Å². The summed E-state index contributed by atoms with van der Waals surface area (Å²) in [4.78, 5) is 24.5. The van der Waals surface area contributed by atoms with Crippen molar-refractivity contribution in [3.63, 3.8) is 0 Å². The number of rotatable bonds is 9. The molecule has 13 heteroatoms. The van der Waals surface area contributed by atoms with Crippen LogP contribution in [0.25, 0.3) is 0 Å². The molecule has 190 valence electrons. The SMILES string of the molecule is CCNSC(=O)NS(=O)(=O)c1cc2c(cc1OC)OCCC2CNC(=O)c1cc(F)ccc1OC. The number of halogens is 1. The number of ether oxygens (including phenoxy) is 3. The second kappa shape index (κ2) is 11.6. The first-order valence-electron chi connectivity index (χ1n) is 10.6. The van der Waals surface area contributed by atoms with Crippen molar-refractivity contribution in [3.8, 4) is 17.2 Å². The van der Waals surface area contributed by atoms with Crippen molar-refractivity contribution in [1.29, 1.82) is 0 Å². The number of amides is 2. The van der Waals surface area contributed by atoms with Crippen LogP contribution in [-0.4, -0.2) is 53.5 Å². The number of carbonyl (C=O) groups is 2. The summed E-state index contributed by atoms with van der Waals surface area (Å²) >= 11 is 0.625. The van der Waals surface area contributed by atoms with E-state index in [1.807, 2.05) is 4.72 Å². The molecule has 1 atom stereocenters. The number of carbonyl (C=O) groups excluding carboxylic acids is 2. The van der Waals surface area contributed by atoms with Gasteiger partial charge < -0.3 is 19.5 Å². The van der Waals surface area contributed by atoms with Gasteiger partial charge in [0, 0.05) is 42.6 Å². The molecule has 1 heterocycles. The number of fused-ring (bicyclic) bond motifs is 1. The fourth-order valence-electron chi connectivity index (χ4n) is 3.54. The highest BCUT2D eigenvalue weighted by Crippen LogP contribution is 2.40. The Morgan fingerprint density at radius 3 is 2.60 bits per heavy atom. The predicted molar refractivity (Wildman–Crippen MR) is 128 cm³/mol. The van der Waals surface area contributed by atoms with Gasteiger partial charge in [-0.3, -0.25) is 14.3 Å². The second-order valence-corrected chi connectivity index (χ2v) is 9.94. The molecule has 0 radical (unpaired) electrons. The molecule has 1 aliphatic heterocycles. The minimum atomic E-state index is -4.26. The fourth-order valence-corrected chi connectivity index (χ4v) is 5.33. The van der Waals surface area contributed by atoms with Gasteiger partial charge in [0.05, 0.1) is 26.4 Å². The average molecular weight is 528 g/mol. The number of nitrogens with one attached hydrogen (secondary N) is 3. The van der Waals surface area contributed by atoms with Gasteiger partial charge in [-0.15, -0.1) is 0 Å². The van der Waals surface area contributed by atoms with E-state index in [0.29, 0.717) is 42.8 Å². The monoisotopic (exact) mass is 527 g/mol. The smallest absolute Gasteiger partial charge is 0.307 e. The molecule has 0 spiro atoms. The lowest BCUT2D eigenvalue weighted by Crippen LogP contribution is -2.32. The Bertz CT molecular complexity index is 1210. The Morgan fingerprint density at radius 1 is 1.17 bits per heavy atom. The molecular weight excluding hydrogens is 501 g/mol. The molecule has 2 aromatic rings. The third kappa shape index (κ3) is 6.35. The number of hydrogen-bond acceptors (Lipinski definition) is 9. The van der Waals surface area contributed by atoms with Gasteiger partial charge in [0.1, 0.15) is 28.0 Å². The quantitative estimate of drug-likeness (QED) is 0.421. The maximum Gasteiger partial charge on any atom is 0.307 e. The molecule has 10 nitrogen and oxygen atoms in total. The lowest BCUT2D eigenvalue weighted by atomic mass is 9.92. The summed E-state index contributed by atoms with van der Waals surface area (Å²) in [6.45, 7) is 2.70. The molecule has 35 heavy (non-hydrogen) atoms. The zero-order valence-electron chi connectivity index (χ0n) is 19.3. The average Bonchev–Trinajstić information content (AvgIpc) is 2.84. The number of sulfonamides is 1. The van der Waals surface area contributed by atoms with Gasteiger partial charge in [0.15, 0.2) is 0 Å². The van der Waals surface area contributed by atoms with Gasteiger partial charge in [0.2, 0.25) is 0 Å². The Hall–Kier alpha value is -3.03. The molecule has 0 fully saturated rings. The highest BCUT2D eigenvalue weighted by molar-refractivity contribution is 8.13. The summed E-state index contributed by atoms with van der Waals surface area (Å²) in [5.74, 6) is -0.795. The number of methoxy groups -OCH3 is 2. The van der Waals surface area contributed by atoms with Crippen molar-refractivity contribution < 1.29 is 36.6 Å². The van der Waals surface area contributed by atoms with Gasteiger partial charge in [0.25, 0.3) is 15.9 Å². The van der Waals surface area contributed by atoms with Gasteiger partial charge >= 0.3 is 5.24 Å². The van der Waals surface area contributed by atoms with E-state index >= 15 is 0 Å². The van der Waals surface area contributed by atoms with E-state index in [0.717, 1.165) is 6.07 Å². The molecule has 0 saturated carbocycles. The molecule has 0 bridgehead atoms. The van der Waals surface area contributed by atoms with E-state index in [1.165, 1.54) is 38.5 Å². The summed E-state index contributed by atoms with van der Waals surface area (Å²) < 4.78 is 60.2. The van der Waals surface area contributed by atoms with Crippen LogP contribution in [0.4, 0.5) is 9.18 Å². The highest BCUT2D eigenvalue weighted by Gasteiger charge is 2.30. The van der Waals surface area contributed by atoms with Crippen molar-refractivity contribution >= 4 is 33.1 Å². The number of hydrogen-bond donors (Lipinski definition) is 3. The normalized spacial score (nSPS) is 14.9. The first kappa shape index (κ1) is 26.6. The highest BCUT2D eigenvalue weighted by atomic mass is 32.2. The third-order valence-corrected chi connectivity index (χ3v) is 7.39. The molecule has 1 unspecified atom stereocenters. The van der Waals surface area contributed by atoms with Crippen molar-refractivity contribution in [2.24, 2.45) is 0 Å². The maximum absolute atomic E-state index is 13.7. The van der Waals surface area contributed by atoms with E-state index < -0.39 is 27.0 Å². The zero-order chi connectivity index (χ0) is 25.6. The largest absolute Gasteiger partial charge is 0.496 e. The van der Waals surface area contributed by atoms with Crippen molar-refractivity contribution in [3.05, 3.63) is 47.3 Å². The van der Waals surface area contributed by atoms with Crippen LogP contribution in [0.3, 0.4) is 0 Å². The minimum absolute atomic E-state index is 0.00619. The fraction of sp³-hybridized carbons (Fsp3) is 0.364. The van der Waals surface area contributed by atoms with Gasteiger partial charge in [-0.2, -0.15) is 0 Å². The van der Waals surface area contributed by atoms with E-state index in [9.17, 15) is 22.4 Å². The van der Waals surface area contributed by atoms with Crippen molar-refractivity contribution in [2.45, 2.75) is 24.2 Å². The lowest BCUT2D eigenvalue weighted by molar-refractivity contribution is 0.0944. The molecule has 0 aliphatic carbocycles. The molecule has 1 aliphatic rings. The first-order valence-corrected chi connectivity index (χ1v) is 12.9. The summed E-state index contributed by atoms with van der Waals surface area (Å²) in [5, 5.41) is 1.95.